The number of imidazole rings is 1. The van der Waals surface area contributed by atoms with Gasteiger partial charge in [-0.3, -0.25) is 0 Å². The second kappa shape index (κ2) is 6.85. The highest BCUT2D eigenvalue weighted by Gasteiger charge is 2.05. The number of hydrogen-bond acceptors (Lipinski definition) is 1. The molecule has 1 aromatic carbocycles. The van der Waals surface area contributed by atoms with Crippen molar-refractivity contribution >= 4 is 23.2 Å². The zero-order valence-electron chi connectivity index (χ0n) is 12.2. The minimum absolute atomic E-state index is 0. The number of halogens is 1. The van der Waals surface area contributed by atoms with Crippen LogP contribution in [-0.2, 0) is 13.6 Å². The topological polar surface area (TPSA) is 21.7 Å². The number of aryl methyl sites for hydroxylation is 2. The van der Waals surface area contributed by atoms with Crippen LogP contribution in [0.15, 0.2) is 48.8 Å². The van der Waals surface area contributed by atoms with Crippen LogP contribution in [0.4, 0.5) is 0 Å². The van der Waals surface area contributed by atoms with E-state index in [0.717, 1.165) is 17.9 Å². The summed E-state index contributed by atoms with van der Waals surface area (Å²) in [6.45, 7) is 3.07. The van der Waals surface area contributed by atoms with Gasteiger partial charge in [-0.05, 0) is 30.7 Å². The Morgan fingerprint density at radius 3 is 2.52 bits per heavy atom. The molecule has 0 aliphatic heterocycles. The third-order valence-electron chi connectivity index (χ3n) is 3.43. The van der Waals surface area contributed by atoms with E-state index in [9.17, 15) is 0 Å². The Hall–Kier alpha value is -1.69. The van der Waals surface area contributed by atoms with E-state index in [4.69, 9.17) is 0 Å². The van der Waals surface area contributed by atoms with Gasteiger partial charge in [-0.2, -0.15) is 0 Å². The fraction of sp³-hybridized carbons (Fsp3) is 0.176. The van der Waals surface area contributed by atoms with Gasteiger partial charge in [0.05, 0.1) is 11.0 Å². The summed E-state index contributed by atoms with van der Waals surface area (Å²) >= 11 is 0. The first-order valence-corrected chi connectivity index (χ1v) is 6.86. The average molecular weight is 391 g/mol. The van der Waals surface area contributed by atoms with Crippen LogP contribution in [0, 0.1) is 0 Å². The van der Waals surface area contributed by atoms with E-state index in [0.29, 0.717) is 0 Å². The van der Waals surface area contributed by atoms with Gasteiger partial charge in [-0.25, -0.2) is 9.55 Å². The first-order valence-electron chi connectivity index (χ1n) is 6.86. The van der Waals surface area contributed by atoms with Gasteiger partial charge in [0.25, 0.3) is 0 Å². The summed E-state index contributed by atoms with van der Waals surface area (Å²) in [6.07, 6.45) is 8.27. The zero-order chi connectivity index (χ0) is 13.9. The van der Waals surface area contributed by atoms with Gasteiger partial charge < -0.3 is 28.5 Å². The van der Waals surface area contributed by atoms with E-state index in [1.165, 1.54) is 11.1 Å². The van der Waals surface area contributed by atoms with Crippen LogP contribution in [0.25, 0.3) is 23.2 Å². The lowest BCUT2D eigenvalue weighted by Crippen LogP contribution is -3.00. The van der Waals surface area contributed by atoms with Crippen molar-refractivity contribution in [2.24, 2.45) is 7.05 Å². The van der Waals surface area contributed by atoms with Gasteiger partial charge in [-0.1, -0.05) is 18.2 Å². The minimum atomic E-state index is 0. The molecule has 0 unspecified atom stereocenters. The number of benzene rings is 1. The molecule has 0 saturated heterocycles. The van der Waals surface area contributed by atoms with Crippen LogP contribution in [-0.4, -0.2) is 9.55 Å². The van der Waals surface area contributed by atoms with E-state index in [2.05, 4.69) is 59.0 Å². The first-order chi connectivity index (χ1) is 9.78. The van der Waals surface area contributed by atoms with E-state index < -0.39 is 0 Å². The molecule has 21 heavy (non-hydrogen) atoms. The molecule has 3 aromatic rings. The van der Waals surface area contributed by atoms with Gasteiger partial charge in [0.15, 0.2) is 12.4 Å². The third-order valence-corrected chi connectivity index (χ3v) is 3.43. The van der Waals surface area contributed by atoms with Gasteiger partial charge >= 0.3 is 0 Å². The Morgan fingerprint density at radius 2 is 1.81 bits per heavy atom. The lowest BCUT2D eigenvalue weighted by atomic mass is 10.2. The number of pyridine rings is 1. The normalized spacial score (nSPS) is 11.0. The molecule has 0 aliphatic rings. The summed E-state index contributed by atoms with van der Waals surface area (Å²) in [5, 5.41) is 0. The zero-order valence-corrected chi connectivity index (χ0v) is 14.4. The van der Waals surface area contributed by atoms with E-state index in [1.807, 2.05) is 30.1 Å². The van der Waals surface area contributed by atoms with Crippen molar-refractivity contribution in [3.8, 4) is 0 Å². The highest BCUT2D eigenvalue weighted by Crippen LogP contribution is 2.17. The molecule has 0 fully saturated rings. The quantitative estimate of drug-likeness (QED) is 0.457. The molecular weight excluding hydrogens is 373 g/mol. The number of hydrogen-bond donors (Lipinski definition) is 0. The second-order valence-electron chi connectivity index (χ2n) is 4.83. The predicted molar refractivity (Wildman–Crippen MR) is 82.0 cm³/mol. The highest BCUT2D eigenvalue weighted by atomic mass is 127. The monoisotopic (exact) mass is 391 g/mol. The number of nitrogens with zero attached hydrogens (tertiary/aromatic N) is 3. The van der Waals surface area contributed by atoms with Crippen LogP contribution in [0.5, 0.6) is 0 Å². The van der Waals surface area contributed by atoms with Gasteiger partial charge in [0.2, 0.25) is 0 Å². The van der Waals surface area contributed by atoms with Crippen LogP contribution in [0.2, 0.25) is 0 Å². The molecule has 0 N–H and O–H groups in total. The molecule has 0 radical (unpaired) electrons. The molecule has 0 atom stereocenters. The van der Waals surface area contributed by atoms with E-state index >= 15 is 0 Å². The lowest BCUT2D eigenvalue weighted by molar-refractivity contribution is -0.671. The Bertz CT molecular complexity index is 757. The Morgan fingerprint density at radius 1 is 1.10 bits per heavy atom. The maximum atomic E-state index is 4.69. The molecule has 3 nitrogen and oxygen atoms in total. The fourth-order valence-electron chi connectivity index (χ4n) is 2.35. The molecule has 2 aromatic heterocycles. The van der Waals surface area contributed by atoms with Gasteiger partial charge in [-0.15, -0.1) is 0 Å². The molecule has 0 spiro atoms. The summed E-state index contributed by atoms with van der Waals surface area (Å²) in [5.41, 5.74) is 3.42. The number of para-hydroxylation sites is 2. The van der Waals surface area contributed by atoms with Crippen molar-refractivity contribution in [3.05, 3.63) is 60.2 Å². The molecule has 2 heterocycles. The molecule has 0 bridgehead atoms. The molecule has 0 aliphatic carbocycles. The summed E-state index contributed by atoms with van der Waals surface area (Å²) in [6, 6.07) is 12.4. The van der Waals surface area contributed by atoms with Crippen molar-refractivity contribution in [2.75, 3.05) is 0 Å². The molecular formula is C17H18IN3. The molecule has 0 saturated carbocycles. The van der Waals surface area contributed by atoms with Crippen molar-refractivity contribution in [3.63, 3.8) is 0 Å². The first kappa shape index (κ1) is 15.7. The molecule has 4 heteroatoms. The maximum Gasteiger partial charge on any atom is 0.169 e. The Labute approximate surface area is 142 Å². The molecule has 3 rings (SSSR count). The van der Waals surface area contributed by atoms with Gasteiger partial charge in [0, 0.05) is 18.7 Å². The Kier molecular flexibility index (Phi) is 5.12. The smallest absolute Gasteiger partial charge is 0.169 e. The average Bonchev–Trinajstić information content (AvgIpc) is 2.84. The van der Waals surface area contributed by atoms with Crippen molar-refractivity contribution in [1.82, 2.24) is 9.55 Å². The maximum absolute atomic E-state index is 4.69. The summed E-state index contributed by atoms with van der Waals surface area (Å²) < 4.78 is 4.26. The van der Waals surface area contributed by atoms with Crippen LogP contribution in [0.3, 0.4) is 0 Å². The molecule has 0 amide bonds. The summed E-state index contributed by atoms with van der Waals surface area (Å²) in [7, 11) is 2.02. The van der Waals surface area contributed by atoms with Crippen molar-refractivity contribution < 1.29 is 28.5 Å². The fourth-order valence-corrected chi connectivity index (χ4v) is 2.35. The van der Waals surface area contributed by atoms with Crippen molar-refractivity contribution in [2.45, 2.75) is 13.5 Å². The van der Waals surface area contributed by atoms with E-state index in [-0.39, 0.29) is 24.0 Å². The summed E-state index contributed by atoms with van der Waals surface area (Å²) in [4.78, 5) is 4.69. The lowest BCUT2D eigenvalue weighted by Gasteiger charge is -2.01. The number of rotatable bonds is 3. The Balaban J connectivity index is 0.00000161. The third kappa shape index (κ3) is 3.32. The van der Waals surface area contributed by atoms with Crippen LogP contribution >= 0.6 is 0 Å². The van der Waals surface area contributed by atoms with Gasteiger partial charge in [0.1, 0.15) is 12.9 Å². The van der Waals surface area contributed by atoms with Crippen LogP contribution < -0.4 is 28.5 Å². The standard InChI is InChI=1S/C17H18N3.HI/c1-3-20-16-7-5-4-6-15(16)18-17(20)9-8-14-10-12-19(2)13-11-14;/h4-13H,3H2,1-2H3;1H/q+1;/p-1. The predicted octanol–water partition coefficient (Wildman–Crippen LogP) is 0.0551. The second-order valence-corrected chi connectivity index (χ2v) is 4.83. The molecule has 108 valence electrons. The number of aromatic nitrogens is 3. The SMILES string of the molecule is CCn1c(/C=C/c2cc[n+](C)cc2)nc2ccccc21.[I-]. The van der Waals surface area contributed by atoms with Crippen molar-refractivity contribution in [1.29, 1.82) is 0 Å². The van der Waals surface area contributed by atoms with Crippen LogP contribution in [0.1, 0.15) is 18.3 Å². The highest BCUT2D eigenvalue weighted by molar-refractivity contribution is 5.79. The summed E-state index contributed by atoms with van der Waals surface area (Å²) in [5.74, 6) is 1.00. The number of fused-ring (bicyclic) bond motifs is 1. The van der Waals surface area contributed by atoms with E-state index in [1.54, 1.807) is 0 Å². The largest absolute Gasteiger partial charge is 1.00 e. The minimum Gasteiger partial charge on any atom is -1.00 e.